The molecule has 0 bridgehead atoms. The molecule has 1 aromatic heterocycles. The zero-order valence-electron chi connectivity index (χ0n) is 13.5. The number of carbonyl (C=O) groups excluding carboxylic acids is 1. The molecule has 1 fully saturated rings. The van der Waals surface area contributed by atoms with Gasteiger partial charge >= 0.3 is 0 Å². The lowest BCUT2D eigenvalue weighted by atomic mass is 9.85. The fourth-order valence-corrected chi connectivity index (χ4v) is 2.76. The summed E-state index contributed by atoms with van der Waals surface area (Å²) >= 11 is 0. The van der Waals surface area contributed by atoms with E-state index in [1.54, 1.807) is 6.92 Å². The van der Waals surface area contributed by atoms with Crippen LogP contribution in [0.25, 0.3) is 11.0 Å². The van der Waals surface area contributed by atoms with E-state index in [0.717, 1.165) is 17.6 Å². The quantitative estimate of drug-likeness (QED) is 0.727. The van der Waals surface area contributed by atoms with Crippen molar-refractivity contribution in [1.82, 2.24) is 14.9 Å². The van der Waals surface area contributed by atoms with Crippen LogP contribution in [0.15, 0.2) is 24.3 Å². The second-order valence-electron chi connectivity index (χ2n) is 6.34. The first-order valence-corrected chi connectivity index (χ1v) is 8.27. The molecule has 6 heteroatoms. The molecule has 1 heterocycles. The minimum absolute atomic E-state index is 0.000139. The van der Waals surface area contributed by atoms with E-state index < -0.39 is 6.10 Å². The fraction of sp³-hybridized carbons (Fsp3) is 0.529. The number of aromatic nitrogens is 2. The van der Waals surface area contributed by atoms with E-state index in [4.69, 9.17) is 0 Å². The molecule has 1 saturated carbocycles. The molecule has 6 nitrogen and oxygen atoms in total. The van der Waals surface area contributed by atoms with Gasteiger partial charge in [0.2, 0.25) is 11.9 Å². The van der Waals surface area contributed by atoms with Crippen molar-refractivity contribution in [2.75, 3.05) is 18.4 Å². The monoisotopic (exact) mass is 316 g/mol. The average Bonchev–Trinajstić information content (AvgIpc) is 2.81. The molecule has 0 radical (unpaired) electrons. The van der Waals surface area contributed by atoms with Crippen molar-refractivity contribution >= 4 is 22.9 Å². The van der Waals surface area contributed by atoms with Gasteiger partial charge in [-0.3, -0.25) is 4.79 Å². The lowest BCUT2D eigenvalue weighted by Crippen LogP contribution is -2.34. The summed E-state index contributed by atoms with van der Waals surface area (Å²) in [6.07, 6.45) is 3.24. The number of aliphatic hydroxyl groups excluding tert-OH is 1. The van der Waals surface area contributed by atoms with E-state index in [9.17, 15) is 9.90 Å². The van der Waals surface area contributed by atoms with Gasteiger partial charge in [0.1, 0.15) is 6.54 Å². The number of nitrogens with one attached hydrogen (secondary N) is 2. The number of amides is 1. The summed E-state index contributed by atoms with van der Waals surface area (Å²) in [5.74, 6) is 1.26. The smallest absolute Gasteiger partial charge is 0.240 e. The second-order valence-corrected chi connectivity index (χ2v) is 6.34. The van der Waals surface area contributed by atoms with Crippen LogP contribution in [0, 0.1) is 5.92 Å². The molecule has 124 valence electrons. The van der Waals surface area contributed by atoms with Crippen LogP contribution in [-0.2, 0) is 11.3 Å². The lowest BCUT2D eigenvalue weighted by Gasteiger charge is -2.25. The number of anilines is 1. The molecule has 0 aliphatic heterocycles. The number of benzene rings is 1. The van der Waals surface area contributed by atoms with Crippen LogP contribution in [0.3, 0.4) is 0 Å². The number of hydrogen-bond acceptors (Lipinski definition) is 4. The van der Waals surface area contributed by atoms with Crippen LogP contribution in [-0.4, -0.2) is 39.8 Å². The number of nitrogens with zero attached hydrogens (tertiary/aromatic N) is 2. The van der Waals surface area contributed by atoms with Gasteiger partial charge in [0.25, 0.3) is 0 Å². The lowest BCUT2D eigenvalue weighted by molar-refractivity contribution is -0.121. The molecule has 0 spiro atoms. The molecule has 2 aromatic rings. The normalized spacial score (nSPS) is 16.1. The first-order valence-electron chi connectivity index (χ1n) is 8.27. The third kappa shape index (κ3) is 3.82. The predicted molar refractivity (Wildman–Crippen MR) is 90.3 cm³/mol. The minimum atomic E-state index is -0.476. The maximum absolute atomic E-state index is 12.3. The van der Waals surface area contributed by atoms with Gasteiger partial charge in [-0.1, -0.05) is 18.6 Å². The molecule has 3 rings (SSSR count). The van der Waals surface area contributed by atoms with Crippen LogP contribution in [0.1, 0.15) is 26.2 Å². The summed E-state index contributed by atoms with van der Waals surface area (Å²) in [5.41, 5.74) is 1.76. The van der Waals surface area contributed by atoms with Crippen LogP contribution < -0.4 is 10.6 Å². The van der Waals surface area contributed by atoms with Crippen molar-refractivity contribution in [3.05, 3.63) is 24.3 Å². The number of aliphatic hydroxyl groups is 1. The molecular formula is C17H24N4O2. The summed E-state index contributed by atoms with van der Waals surface area (Å²) < 4.78 is 1.87. The van der Waals surface area contributed by atoms with Gasteiger partial charge in [-0.05, 0) is 37.8 Å². The molecule has 1 aliphatic carbocycles. The molecular weight excluding hydrogens is 292 g/mol. The Morgan fingerprint density at radius 2 is 2.22 bits per heavy atom. The van der Waals surface area contributed by atoms with Gasteiger partial charge in [-0.15, -0.1) is 0 Å². The number of hydrogen-bond donors (Lipinski definition) is 3. The van der Waals surface area contributed by atoms with Crippen molar-refractivity contribution in [3.63, 3.8) is 0 Å². The molecule has 23 heavy (non-hydrogen) atoms. The van der Waals surface area contributed by atoms with Crippen molar-refractivity contribution in [1.29, 1.82) is 0 Å². The standard InChI is InChI=1S/C17H24N4O2/c1-12(22)9-19-17-20-14-7-2-3-8-15(14)21(17)11-16(23)18-10-13-5-4-6-13/h2-3,7-8,12-13,22H,4-6,9-11H2,1H3,(H,18,23)(H,19,20). The summed E-state index contributed by atoms with van der Waals surface area (Å²) in [4.78, 5) is 16.8. The van der Waals surface area contributed by atoms with Gasteiger partial charge in [0.15, 0.2) is 0 Å². The van der Waals surface area contributed by atoms with Crippen LogP contribution in [0.4, 0.5) is 5.95 Å². The van der Waals surface area contributed by atoms with Crippen molar-refractivity contribution in [2.45, 2.75) is 38.8 Å². The SMILES string of the molecule is CC(O)CNc1nc2ccccc2n1CC(=O)NCC1CCC1. The Labute approximate surface area is 135 Å². The Hall–Kier alpha value is -2.08. The maximum Gasteiger partial charge on any atom is 0.240 e. The molecule has 1 aromatic carbocycles. The number of imidazole rings is 1. The Kier molecular flexibility index (Phi) is 4.81. The van der Waals surface area contributed by atoms with Crippen LogP contribution in [0.5, 0.6) is 0 Å². The Bertz CT molecular complexity index is 676. The van der Waals surface area contributed by atoms with E-state index in [0.29, 0.717) is 18.4 Å². The number of carbonyl (C=O) groups is 1. The predicted octanol–water partition coefficient (Wildman–Crippen LogP) is 1.75. The number of fused-ring (bicyclic) bond motifs is 1. The summed E-state index contributed by atoms with van der Waals surface area (Å²) in [7, 11) is 0. The van der Waals surface area contributed by atoms with Gasteiger partial charge < -0.3 is 20.3 Å². The molecule has 1 amide bonds. The summed E-state index contributed by atoms with van der Waals surface area (Å²) in [6.45, 7) is 3.11. The second kappa shape index (κ2) is 7.00. The van der Waals surface area contributed by atoms with Gasteiger partial charge in [-0.25, -0.2) is 4.98 Å². The summed E-state index contributed by atoms with van der Waals surface area (Å²) in [5, 5.41) is 15.6. The average molecular weight is 316 g/mol. The van der Waals surface area contributed by atoms with E-state index in [1.807, 2.05) is 28.8 Å². The Morgan fingerprint density at radius 3 is 2.91 bits per heavy atom. The minimum Gasteiger partial charge on any atom is -0.392 e. The Balaban J connectivity index is 1.73. The van der Waals surface area contributed by atoms with Crippen molar-refractivity contribution in [3.8, 4) is 0 Å². The van der Waals surface area contributed by atoms with Gasteiger partial charge in [0, 0.05) is 13.1 Å². The van der Waals surface area contributed by atoms with Crippen LogP contribution >= 0.6 is 0 Å². The third-order valence-corrected chi connectivity index (χ3v) is 4.32. The molecule has 1 unspecified atom stereocenters. The molecule has 1 aliphatic rings. The topological polar surface area (TPSA) is 79.2 Å². The zero-order chi connectivity index (χ0) is 16.2. The van der Waals surface area contributed by atoms with Gasteiger partial charge in [-0.2, -0.15) is 0 Å². The van der Waals surface area contributed by atoms with E-state index >= 15 is 0 Å². The highest BCUT2D eigenvalue weighted by Crippen LogP contribution is 2.25. The maximum atomic E-state index is 12.3. The highest BCUT2D eigenvalue weighted by Gasteiger charge is 2.19. The largest absolute Gasteiger partial charge is 0.392 e. The third-order valence-electron chi connectivity index (χ3n) is 4.32. The van der Waals surface area contributed by atoms with Crippen molar-refractivity contribution in [2.24, 2.45) is 5.92 Å². The first kappa shape index (κ1) is 15.8. The van der Waals surface area contributed by atoms with E-state index in [2.05, 4.69) is 15.6 Å². The molecule has 0 saturated heterocycles. The van der Waals surface area contributed by atoms with Crippen LogP contribution in [0.2, 0.25) is 0 Å². The van der Waals surface area contributed by atoms with E-state index in [1.165, 1.54) is 19.3 Å². The highest BCUT2D eigenvalue weighted by atomic mass is 16.3. The van der Waals surface area contributed by atoms with Crippen molar-refractivity contribution < 1.29 is 9.90 Å². The number of rotatable bonds is 7. The summed E-state index contributed by atoms with van der Waals surface area (Å²) in [6, 6.07) is 7.74. The zero-order valence-corrected chi connectivity index (χ0v) is 13.5. The Morgan fingerprint density at radius 1 is 1.43 bits per heavy atom. The van der Waals surface area contributed by atoms with E-state index in [-0.39, 0.29) is 12.5 Å². The van der Waals surface area contributed by atoms with Gasteiger partial charge in [0.05, 0.1) is 17.1 Å². The highest BCUT2D eigenvalue weighted by molar-refractivity contribution is 5.83. The molecule has 1 atom stereocenters. The molecule has 3 N–H and O–H groups in total. The fourth-order valence-electron chi connectivity index (χ4n) is 2.76. The number of para-hydroxylation sites is 2. The first-order chi connectivity index (χ1) is 11.1.